The van der Waals surface area contributed by atoms with Gasteiger partial charge in [-0.05, 0) is 49.4 Å². The molecule has 2 nitrogen and oxygen atoms in total. The van der Waals surface area contributed by atoms with Crippen LogP contribution in [0.4, 0.5) is 0 Å². The lowest BCUT2D eigenvalue weighted by Crippen LogP contribution is -2.35. The topological polar surface area (TPSA) is 26.3 Å². The van der Waals surface area contributed by atoms with E-state index in [1.165, 1.54) is 0 Å². The maximum absolute atomic E-state index is 12.7. The van der Waals surface area contributed by atoms with Crippen LogP contribution in [0, 0.1) is 5.41 Å². The van der Waals surface area contributed by atoms with Gasteiger partial charge in [0.1, 0.15) is 5.75 Å². The van der Waals surface area contributed by atoms with Crippen molar-refractivity contribution in [3.05, 3.63) is 42.0 Å². The third kappa shape index (κ3) is 1.96. The van der Waals surface area contributed by atoms with Crippen LogP contribution in [0.25, 0.3) is 0 Å². The summed E-state index contributed by atoms with van der Waals surface area (Å²) < 4.78 is 5.21. The molecule has 0 saturated heterocycles. The molecule has 0 aliphatic heterocycles. The fourth-order valence-corrected chi connectivity index (χ4v) is 2.85. The minimum atomic E-state index is -0.233. The van der Waals surface area contributed by atoms with Gasteiger partial charge >= 0.3 is 0 Å². The third-order valence-electron chi connectivity index (χ3n) is 4.12. The van der Waals surface area contributed by atoms with Crippen LogP contribution >= 0.6 is 0 Å². The molecule has 96 valence electrons. The molecular weight excluding hydrogens is 224 g/mol. The Morgan fingerprint density at radius 1 is 1.50 bits per heavy atom. The van der Waals surface area contributed by atoms with E-state index in [-0.39, 0.29) is 11.2 Å². The average Bonchev–Trinajstić information content (AvgIpc) is 2.42. The molecule has 0 amide bonds. The molecule has 0 N–H and O–H groups in total. The number of hydrogen-bond donors (Lipinski definition) is 0. The van der Waals surface area contributed by atoms with E-state index < -0.39 is 0 Å². The second-order valence-corrected chi connectivity index (χ2v) is 4.98. The number of ketones is 1. The highest BCUT2D eigenvalue weighted by molar-refractivity contribution is 6.03. The summed E-state index contributed by atoms with van der Waals surface area (Å²) in [6, 6.07) is 5.76. The number of hydrogen-bond acceptors (Lipinski definition) is 2. The Hall–Kier alpha value is -1.57. The van der Waals surface area contributed by atoms with E-state index in [4.69, 9.17) is 4.74 Å². The van der Waals surface area contributed by atoms with E-state index in [0.29, 0.717) is 0 Å². The molecule has 0 spiro atoms. The van der Waals surface area contributed by atoms with Gasteiger partial charge in [-0.15, -0.1) is 6.58 Å². The summed E-state index contributed by atoms with van der Waals surface area (Å²) in [5.41, 5.74) is 1.75. The van der Waals surface area contributed by atoms with Crippen molar-refractivity contribution in [2.24, 2.45) is 5.41 Å². The number of rotatable bonds is 4. The smallest absolute Gasteiger partial charge is 0.169 e. The number of ether oxygens (including phenoxy) is 1. The first-order valence-electron chi connectivity index (χ1n) is 6.49. The predicted molar refractivity (Wildman–Crippen MR) is 73.2 cm³/mol. The molecule has 0 bridgehead atoms. The second-order valence-electron chi connectivity index (χ2n) is 4.98. The molecule has 1 unspecified atom stereocenters. The molecule has 0 radical (unpaired) electrons. The highest BCUT2D eigenvalue weighted by atomic mass is 16.5. The summed E-state index contributed by atoms with van der Waals surface area (Å²) >= 11 is 0. The lowest BCUT2D eigenvalue weighted by molar-refractivity contribution is 0.0751. The number of Topliss-reactive ketones (excluding diaryl/α,β-unsaturated/α-hetero) is 1. The van der Waals surface area contributed by atoms with Crippen molar-refractivity contribution in [3.63, 3.8) is 0 Å². The van der Waals surface area contributed by atoms with Crippen LogP contribution in [0.1, 0.15) is 42.1 Å². The number of fused-ring (bicyclic) bond motifs is 1. The molecule has 0 fully saturated rings. The Bertz CT molecular complexity index is 476. The summed E-state index contributed by atoms with van der Waals surface area (Å²) in [5.74, 6) is 1.10. The molecule has 18 heavy (non-hydrogen) atoms. The Morgan fingerprint density at radius 3 is 2.89 bits per heavy atom. The minimum Gasteiger partial charge on any atom is -0.497 e. The monoisotopic (exact) mass is 244 g/mol. The first-order chi connectivity index (χ1) is 8.66. The molecule has 1 aliphatic rings. The van der Waals surface area contributed by atoms with Crippen LogP contribution in [0.5, 0.6) is 5.75 Å². The van der Waals surface area contributed by atoms with Crippen molar-refractivity contribution < 1.29 is 9.53 Å². The van der Waals surface area contributed by atoms with Crippen LogP contribution in [0.15, 0.2) is 30.9 Å². The second kappa shape index (κ2) is 4.97. The summed E-state index contributed by atoms with van der Waals surface area (Å²) in [7, 11) is 1.65. The molecule has 2 rings (SSSR count). The van der Waals surface area contributed by atoms with Crippen molar-refractivity contribution in [3.8, 4) is 5.75 Å². The molecule has 1 aromatic carbocycles. The fourth-order valence-electron chi connectivity index (χ4n) is 2.85. The Kier molecular flexibility index (Phi) is 3.55. The highest BCUT2D eigenvalue weighted by Gasteiger charge is 2.39. The van der Waals surface area contributed by atoms with Crippen molar-refractivity contribution in [2.45, 2.75) is 32.6 Å². The number of aryl methyl sites for hydroxylation is 1. The SMILES string of the molecule is C=CCC1(CC)CCc2cc(OC)ccc2C1=O. The van der Waals surface area contributed by atoms with Gasteiger partial charge in [-0.3, -0.25) is 4.79 Å². The standard InChI is InChI=1S/C16H20O2/c1-4-9-16(5-2)10-8-12-11-13(18-3)6-7-14(12)15(16)17/h4,6-7,11H,1,5,8-10H2,2-3H3. The number of methoxy groups -OCH3 is 1. The van der Waals surface area contributed by atoms with Gasteiger partial charge in [0.25, 0.3) is 0 Å². The van der Waals surface area contributed by atoms with Gasteiger partial charge in [-0.1, -0.05) is 13.0 Å². The minimum absolute atomic E-state index is 0.233. The van der Waals surface area contributed by atoms with Gasteiger partial charge in [-0.25, -0.2) is 0 Å². The fraction of sp³-hybridized carbons (Fsp3) is 0.438. The lowest BCUT2D eigenvalue weighted by atomic mass is 9.67. The molecule has 0 aromatic heterocycles. The quantitative estimate of drug-likeness (QED) is 0.753. The molecule has 0 heterocycles. The van der Waals surface area contributed by atoms with E-state index in [1.807, 2.05) is 24.3 Å². The third-order valence-corrected chi connectivity index (χ3v) is 4.12. The van der Waals surface area contributed by atoms with Gasteiger partial charge in [0, 0.05) is 11.0 Å². The zero-order chi connectivity index (χ0) is 13.2. The number of carbonyl (C=O) groups excluding carboxylic acids is 1. The lowest BCUT2D eigenvalue weighted by Gasteiger charge is -2.35. The van der Waals surface area contributed by atoms with Crippen molar-refractivity contribution in [1.29, 1.82) is 0 Å². The normalized spacial score (nSPS) is 22.4. The molecule has 1 aromatic rings. The first-order valence-corrected chi connectivity index (χ1v) is 6.49. The number of carbonyl (C=O) groups is 1. The molecule has 1 aliphatic carbocycles. The van der Waals surface area contributed by atoms with Crippen LogP contribution in [-0.2, 0) is 6.42 Å². The zero-order valence-corrected chi connectivity index (χ0v) is 11.2. The Balaban J connectivity index is 2.42. The van der Waals surface area contributed by atoms with Crippen molar-refractivity contribution in [1.82, 2.24) is 0 Å². The largest absolute Gasteiger partial charge is 0.497 e. The van der Waals surface area contributed by atoms with Crippen LogP contribution in [0.3, 0.4) is 0 Å². The summed E-state index contributed by atoms with van der Waals surface area (Å²) in [5, 5.41) is 0. The van der Waals surface area contributed by atoms with Gasteiger partial charge in [-0.2, -0.15) is 0 Å². The molecule has 1 atom stereocenters. The zero-order valence-electron chi connectivity index (χ0n) is 11.2. The van der Waals surface area contributed by atoms with E-state index in [0.717, 1.165) is 42.6 Å². The molecule has 0 saturated carbocycles. The highest BCUT2D eigenvalue weighted by Crippen LogP contribution is 2.41. The van der Waals surface area contributed by atoms with Crippen LogP contribution in [0.2, 0.25) is 0 Å². The summed E-state index contributed by atoms with van der Waals surface area (Å²) in [4.78, 5) is 12.7. The van der Waals surface area contributed by atoms with Gasteiger partial charge in [0.05, 0.1) is 7.11 Å². The summed E-state index contributed by atoms with van der Waals surface area (Å²) in [6.45, 7) is 5.89. The summed E-state index contributed by atoms with van der Waals surface area (Å²) in [6.07, 6.45) is 5.38. The van der Waals surface area contributed by atoms with Gasteiger partial charge in [0.15, 0.2) is 5.78 Å². The molecule has 2 heteroatoms. The van der Waals surface area contributed by atoms with E-state index in [9.17, 15) is 4.79 Å². The van der Waals surface area contributed by atoms with E-state index in [1.54, 1.807) is 7.11 Å². The Morgan fingerprint density at radius 2 is 2.28 bits per heavy atom. The Labute approximate surface area is 109 Å². The van der Waals surface area contributed by atoms with E-state index >= 15 is 0 Å². The average molecular weight is 244 g/mol. The van der Waals surface area contributed by atoms with Crippen molar-refractivity contribution >= 4 is 5.78 Å². The van der Waals surface area contributed by atoms with Gasteiger partial charge < -0.3 is 4.74 Å². The number of allylic oxidation sites excluding steroid dienone is 1. The van der Waals surface area contributed by atoms with Gasteiger partial charge in [0.2, 0.25) is 0 Å². The maximum Gasteiger partial charge on any atom is 0.169 e. The van der Waals surface area contributed by atoms with Crippen LogP contribution in [-0.4, -0.2) is 12.9 Å². The first kappa shape index (κ1) is 12.9. The predicted octanol–water partition coefficient (Wildman–Crippen LogP) is 3.80. The number of benzene rings is 1. The van der Waals surface area contributed by atoms with Crippen molar-refractivity contribution in [2.75, 3.05) is 7.11 Å². The van der Waals surface area contributed by atoms with E-state index in [2.05, 4.69) is 13.5 Å². The van der Waals surface area contributed by atoms with Crippen LogP contribution < -0.4 is 4.74 Å². The molecular formula is C16H20O2. The maximum atomic E-state index is 12.7.